The van der Waals surface area contributed by atoms with E-state index in [1.165, 1.54) is 0 Å². The molecule has 0 spiro atoms. The summed E-state index contributed by atoms with van der Waals surface area (Å²) in [5.41, 5.74) is 3.89. The molecule has 1 heterocycles. The van der Waals surface area contributed by atoms with Gasteiger partial charge >= 0.3 is 5.97 Å². The van der Waals surface area contributed by atoms with Gasteiger partial charge in [0.15, 0.2) is 5.78 Å². The molecule has 170 valence electrons. The Kier molecular flexibility index (Phi) is 8.45. The molecule has 1 aliphatic rings. The molecule has 0 amide bonds. The summed E-state index contributed by atoms with van der Waals surface area (Å²) in [5.74, 6) is 0.0197. The van der Waals surface area contributed by atoms with E-state index in [-0.39, 0.29) is 11.4 Å². The van der Waals surface area contributed by atoms with Crippen LogP contribution in [0.2, 0.25) is 0 Å². The summed E-state index contributed by atoms with van der Waals surface area (Å²) in [6.45, 7) is 6.57. The van der Waals surface area contributed by atoms with E-state index in [0.29, 0.717) is 32.7 Å². The Hall–Kier alpha value is -3.12. The summed E-state index contributed by atoms with van der Waals surface area (Å²) in [6, 6.07) is 13.8. The lowest BCUT2D eigenvalue weighted by Crippen LogP contribution is -2.20. The lowest BCUT2D eigenvalue weighted by atomic mass is 10.00. The second kappa shape index (κ2) is 11.5. The molecule has 2 aromatic rings. The normalized spacial score (nSPS) is 14.1. The number of hydrogen-bond donors (Lipinski definition) is 1. The Labute approximate surface area is 189 Å². The van der Waals surface area contributed by atoms with Crippen LogP contribution < -0.4 is 9.64 Å². The van der Waals surface area contributed by atoms with Gasteiger partial charge in [-0.1, -0.05) is 31.5 Å². The molecule has 6 nitrogen and oxygen atoms in total. The zero-order valence-electron chi connectivity index (χ0n) is 18.8. The number of hydrogen-bond acceptors (Lipinski definition) is 5. The molecule has 0 saturated carbocycles. The largest absolute Gasteiger partial charge is 0.491 e. The van der Waals surface area contributed by atoms with Crippen LogP contribution in [0.3, 0.4) is 0 Å². The number of ether oxygens (including phenoxy) is 2. The Bertz CT molecular complexity index is 965. The van der Waals surface area contributed by atoms with Crippen LogP contribution in [0.5, 0.6) is 5.75 Å². The lowest BCUT2D eigenvalue weighted by molar-refractivity contribution is -0.132. The van der Waals surface area contributed by atoms with E-state index in [1.54, 1.807) is 13.0 Å². The molecule has 0 bridgehead atoms. The van der Waals surface area contributed by atoms with Crippen LogP contribution in [0.1, 0.15) is 38.7 Å². The number of anilines is 1. The zero-order chi connectivity index (χ0) is 22.9. The highest BCUT2D eigenvalue weighted by Crippen LogP contribution is 2.31. The van der Waals surface area contributed by atoms with E-state index in [0.717, 1.165) is 47.6 Å². The van der Waals surface area contributed by atoms with Crippen molar-refractivity contribution in [2.75, 3.05) is 37.8 Å². The van der Waals surface area contributed by atoms with Gasteiger partial charge in [0.05, 0.1) is 13.2 Å². The van der Waals surface area contributed by atoms with Gasteiger partial charge in [-0.25, -0.2) is 4.79 Å². The number of carboxylic acids is 1. The Balaban J connectivity index is 1.75. The first-order chi connectivity index (χ1) is 15.5. The van der Waals surface area contributed by atoms with Crippen molar-refractivity contribution in [3.05, 3.63) is 53.6 Å². The van der Waals surface area contributed by atoms with Gasteiger partial charge in [0.25, 0.3) is 0 Å². The molecule has 1 N–H and O–H groups in total. The van der Waals surface area contributed by atoms with Gasteiger partial charge in [0, 0.05) is 30.8 Å². The Morgan fingerprint density at radius 2 is 1.84 bits per heavy atom. The number of benzene rings is 2. The fourth-order valence-electron chi connectivity index (χ4n) is 3.58. The molecule has 32 heavy (non-hydrogen) atoms. The van der Waals surface area contributed by atoms with Crippen molar-refractivity contribution < 1.29 is 24.2 Å². The maximum absolute atomic E-state index is 11.8. The summed E-state index contributed by atoms with van der Waals surface area (Å²) < 4.78 is 11.3. The van der Waals surface area contributed by atoms with Crippen LogP contribution >= 0.6 is 0 Å². The molecule has 0 aromatic heterocycles. The third kappa shape index (κ3) is 6.44. The van der Waals surface area contributed by atoms with Crippen LogP contribution in [0.25, 0.3) is 17.2 Å². The van der Waals surface area contributed by atoms with Crippen molar-refractivity contribution in [1.82, 2.24) is 0 Å². The molecular formula is C26H31NO5. The molecule has 0 atom stereocenters. The fraction of sp³-hybridized carbons (Fsp3) is 0.385. The highest BCUT2D eigenvalue weighted by atomic mass is 16.5. The molecule has 0 aliphatic carbocycles. The number of ketones is 1. The number of unbranched alkanes of at least 4 members (excludes halogenated alkanes) is 1. The predicted molar refractivity (Wildman–Crippen MR) is 126 cm³/mol. The summed E-state index contributed by atoms with van der Waals surface area (Å²) in [5, 5.41) is 9.33. The van der Waals surface area contributed by atoms with Crippen LogP contribution in [0, 0.1) is 0 Å². The fourth-order valence-corrected chi connectivity index (χ4v) is 3.58. The van der Waals surface area contributed by atoms with Gasteiger partial charge in [-0.2, -0.15) is 0 Å². The third-order valence-electron chi connectivity index (χ3n) is 5.43. The highest BCUT2D eigenvalue weighted by molar-refractivity contribution is 5.94. The minimum atomic E-state index is -0.959. The van der Waals surface area contributed by atoms with Crippen molar-refractivity contribution in [3.63, 3.8) is 0 Å². The standard InChI is InChI=1S/C26H31NO5/c1-3-4-13-31-14-15-32-24-8-5-20(6-9-24)21-7-10-25(27-12-11-23(28)18-27)22(17-21)16-19(2)26(29)30/h5-10,16-17H,3-4,11-15,18H2,1-2H3,(H,29,30)/b19-16+. The van der Waals surface area contributed by atoms with Gasteiger partial charge < -0.3 is 19.5 Å². The topological polar surface area (TPSA) is 76.1 Å². The first-order valence-electron chi connectivity index (χ1n) is 11.1. The average Bonchev–Trinajstić information content (AvgIpc) is 3.22. The quantitative estimate of drug-likeness (QED) is 0.401. The zero-order valence-corrected chi connectivity index (χ0v) is 18.8. The smallest absolute Gasteiger partial charge is 0.331 e. The van der Waals surface area contributed by atoms with Crippen molar-refractivity contribution in [1.29, 1.82) is 0 Å². The Morgan fingerprint density at radius 3 is 2.50 bits per heavy atom. The molecule has 6 heteroatoms. The SMILES string of the molecule is CCCCOCCOc1ccc(-c2ccc(N3CCC(=O)C3)c(/C=C(\C)C(=O)O)c2)cc1. The summed E-state index contributed by atoms with van der Waals surface area (Å²) in [6.07, 6.45) is 4.37. The average molecular weight is 438 g/mol. The van der Waals surface area contributed by atoms with Gasteiger partial charge in [0.2, 0.25) is 0 Å². The first kappa shape index (κ1) is 23.5. The van der Waals surface area contributed by atoms with Gasteiger partial charge in [0.1, 0.15) is 12.4 Å². The van der Waals surface area contributed by atoms with E-state index in [1.807, 2.05) is 47.4 Å². The van der Waals surface area contributed by atoms with E-state index >= 15 is 0 Å². The van der Waals surface area contributed by atoms with Crippen molar-refractivity contribution in [2.45, 2.75) is 33.1 Å². The molecule has 0 unspecified atom stereocenters. The maximum atomic E-state index is 11.8. The number of rotatable bonds is 11. The van der Waals surface area contributed by atoms with Crippen molar-refractivity contribution in [2.24, 2.45) is 0 Å². The number of nitrogens with zero attached hydrogens (tertiary/aromatic N) is 1. The van der Waals surface area contributed by atoms with Crippen LogP contribution in [-0.2, 0) is 14.3 Å². The van der Waals surface area contributed by atoms with Gasteiger partial charge in [-0.15, -0.1) is 0 Å². The van der Waals surface area contributed by atoms with E-state index in [4.69, 9.17) is 9.47 Å². The number of aliphatic carboxylic acids is 1. The predicted octanol–water partition coefficient (Wildman–Crippen LogP) is 4.82. The summed E-state index contributed by atoms with van der Waals surface area (Å²) in [4.78, 5) is 25.1. The molecule has 2 aromatic carbocycles. The summed E-state index contributed by atoms with van der Waals surface area (Å²) in [7, 11) is 0. The van der Waals surface area contributed by atoms with E-state index in [2.05, 4.69) is 6.92 Å². The molecule has 1 aliphatic heterocycles. The maximum Gasteiger partial charge on any atom is 0.331 e. The Morgan fingerprint density at radius 1 is 1.09 bits per heavy atom. The first-order valence-corrected chi connectivity index (χ1v) is 11.1. The van der Waals surface area contributed by atoms with E-state index < -0.39 is 5.97 Å². The lowest BCUT2D eigenvalue weighted by Gasteiger charge is -2.20. The second-order valence-corrected chi connectivity index (χ2v) is 7.96. The minimum absolute atomic E-state index is 0.199. The highest BCUT2D eigenvalue weighted by Gasteiger charge is 2.21. The number of carboxylic acid groups (broad SMARTS) is 1. The monoisotopic (exact) mass is 437 g/mol. The molecule has 1 fully saturated rings. The molecule has 0 radical (unpaired) electrons. The van der Waals surface area contributed by atoms with Crippen molar-refractivity contribution >= 4 is 23.5 Å². The molecule has 3 rings (SSSR count). The van der Waals surface area contributed by atoms with Gasteiger partial charge in [-0.05, 0) is 60.4 Å². The second-order valence-electron chi connectivity index (χ2n) is 7.96. The number of carbonyl (C=O) groups excluding carboxylic acids is 1. The van der Waals surface area contributed by atoms with Crippen molar-refractivity contribution in [3.8, 4) is 16.9 Å². The molecular weight excluding hydrogens is 406 g/mol. The third-order valence-corrected chi connectivity index (χ3v) is 5.43. The molecule has 1 saturated heterocycles. The van der Waals surface area contributed by atoms with E-state index in [9.17, 15) is 14.7 Å². The summed E-state index contributed by atoms with van der Waals surface area (Å²) >= 11 is 0. The van der Waals surface area contributed by atoms with Crippen LogP contribution in [0.4, 0.5) is 5.69 Å². The number of Topliss-reactive ketones (excluding diaryl/α,β-unsaturated/α-hetero) is 1. The van der Waals surface area contributed by atoms with Crippen LogP contribution in [0.15, 0.2) is 48.0 Å². The van der Waals surface area contributed by atoms with Gasteiger partial charge in [-0.3, -0.25) is 4.79 Å². The minimum Gasteiger partial charge on any atom is -0.491 e. The number of carbonyl (C=O) groups is 2. The van der Waals surface area contributed by atoms with Crippen LogP contribution in [-0.4, -0.2) is 49.8 Å².